The zero-order valence-corrected chi connectivity index (χ0v) is 8.95. The second-order valence-corrected chi connectivity index (χ2v) is 5.39. The van der Waals surface area contributed by atoms with Crippen molar-refractivity contribution in [2.75, 3.05) is 12.8 Å². The molecule has 0 spiro atoms. The standard InChI is InChI=1S/C7H12N4O2S/c1-6-8-9-7-5-10(14(2,12)13)3-4-11(6)7/h3-5H2,1-2H3. The van der Waals surface area contributed by atoms with E-state index in [9.17, 15) is 8.42 Å². The van der Waals surface area contributed by atoms with Crippen molar-refractivity contribution in [1.29, 1.82) is 0 Å². The van der Waals surface area contributed by atoms with Crippen molar-refractivity contribution >= 4 is 10.0 Å². The Labute approximate surface area is 82.6 Å². The Morgan fingerprint density at radius 3 is 2.64 bits per heavy atom. The van der Waals surface area contributed by atoms with Gasteiger partial charge in [0.2, 0.25) is 10.0 Å². The molecule has 2 rings (SSSR count). The Kier molecular flexibility index (Phi) is 2.07. The smallest absolute Gasteiger partial charge is 0.211 e. The number of aromatic nitrogens is 3. The van der Waals surface area contributed by atoms with Crippen molar-refractivity contribution < 1.29 is 8.42 Å². The van der Waals surface area contributed by atoms with Gasteiger partial charge in [-0.2, -0.15) is 4.31 Å². The van der Waals surface area contributed by atoms with Crippen LogP contribution in [0.2, 0.25) is 0 Å². The van der Waals surface area contributed by atoms with Gasteiger partial charge in [-0.1, -0.05) is 0 Å². The van der Waals surface area contributed by atoms with Crippen molar-refractivity contribution in [1.82, 2.24) is 19.1 Å². The van der Waals surface area contributed by atoms with Crippen LogP contribution in [0.25, 0.3) is 0 Å². The summed E-state index contributed by atoms with van der Waals surface area (Å²) in [6.45, 7) is 3.35. The lowest BCUT2D eigenvalue weighted by atomic mass is 10.4. The molecule has 1 aliphatic heterocycles. The van der Waals surface area contributed by atoms with Gasteiger partial charge in [0, 0.05) is 13.1 Å². The highest BCUT2D eigenvalue weighted by Gasteiger charge is 2.25. The molecule has 0 fully saturated rings. The molecule has 0 radical (unpaired) electrons. The predicted octanol–water partition coefficient (Wildman–Crippen LogP) is -0.638. The highest BCUT2D eigenvalue weighted by molar-refractivity contribution is 7.88. The number of rotatable bonds is 1. The average Bonchev–Trinajstić information content (AvgIpc) is 2.46. The third kappa shape index (κ3) is 1.53. The number of nitrogens with zero attached hydrogens (tertiary/aromatic N) is 4. The summed E-state index contributed by atoms with van der Waals surface area (Å²) in [6, 6.07) is 0. The summed E-state index contributed by atoms with van der Waals surface area (Å²) in [7, 11) is -3.11. The molecule has 0 saturated carbocycles. The molecule has 0 atom stereocenters. The van der Waals surface area contributed by atoms with Crippen molar-refractivity contribution in [3.8, 4) is 0 Å². The van der Waals surface area contributed by atoms with Crippen LogP contribution in [0.4, 0.5) is 0 Å². The summed E-state index contributed by atoms with van der Waals surface area (Å²) < 4.78 is 25.9. The number of hydrogen-bond donors (Lipinski definition) is 0. The largest absolute Gasteiger partial charge is 0.313 e. The Morgan fingerprint density at radius 2 is 2.00 bits per heavy atom. The number of sulfonamides is 1. The molecule has 14 heavy (non-hydrogen) atoms. The third-order valence-corrected chi connectivity index (χ3v) is 3.62. The molecule has 0 saturated heterocycles. The Bertz CT molecular complexity index is 450. The second-order valence-electron chi connectivity index (χ2n) is 3.41. The Morgan fingerprint density at radius 1 is 1.29 bits per heavy atom. The van der Waals surface area contributed by atoms with Gasteiger partial charge in [-0.3, -0.25) is 0 Å². The highest BCUT2D eigenvalue weighted by Crippen LogP contribution is 2.13. The molecule has 0 unspecified atom stereocenters. The van der Waals surface area contributed by atoms with E-state index in [1.807, 2.05) is 11.5 Å². The van der Waals surface area contributed by atoms with Crippen molar-refractivity contribution in [3.63, 3.8) is 0 Å². The lowest BCUT2D eigenvalue weighted by Crippen LogP contribution is -2.37. The highest BCUT2D eigenvalue weighted by atomic mass is 32.2. The van der Waals surface area contributed by atoms with E-state index in [2.05, 4.69) is 10.2 Å². The van der Waals surface area contributed by atoms with Crippen LogP contribution in [-0.2, 0) is 23.1 Å². The van der Waals surface area contributed by atoms with Gasteiger partial charge in [-0.15, -0.1) is 10.2 Å². The van der Waals surface area contributed by atoms with Gasteiger partial charge < -0.3 is 4.57 Å². The zero-order chi connectivity index (χ0) is 10.3. The van der Waals surface area contributed by atoms with Crippen LogP contribution in [0.1, 0.15) is 11.6 Å². The van der Waals surface area contributed by atoms with E-state index in [0.717, 1.165) is 11.6 Å². The van der Waals surface area contributed by atoms with E-state index < -0.39 is 10.0 Å². The SMILES string of the molecule is Cc1nnc2n1CCN(S(C)(=O)=O)C2. The second kappa shape index (κ2) is 3.03. The monoisotopic (exact) mass is 216 g/mol. The van der Waals surface area contributed by atoms with Crippen molar-refractivity contribution in [2.24, 2.45) is 0 Å². The minimum Gasteiger partial charge on any atom is -0.313 e. The van der Waals surface area contributed by atoms with Crippen LogP contribution >= 0.6 is 0 Å². The molecule has 0 aromatic carbocycles. The first-order valence-electron chi connectivity index (χ1n) is 4.32. The van der Waals surface area contributed by atoms with Gasteiger partial charge in [0.25, 0.3) is 0 Å². The van der Waals surface area contributed by atoms with Gasteiger partial charge in [0.1, 0.15) is 11.6 Å². The number of fused-ring (bicyclic) bond motifs is 1. The maximum atomic E-state index is 11.3. The summed E-state index contributed by atoms with van der Waals surface area (Å²) >= 11 is 0. The first-order chi connectivity index (χ1) is 6.48. The molecule has 6 nitrogen and oxygen atoms in total. The fourth-order valence-electron chi connectivity index (χ4n) is 1.56. The van der Waals surface area contributed by atoms with E-state index in [4.69, 9.17) is 0 Å². The van der Waals surface area contributed by atoms with Crippen LogP contribution < -0.4 is 0 Å². The first kappa shape index (κ1) is 9.60. The van der Waals surface area contributed by atoms with Crippen LogP contribution in [0, 0.1) is 6.92 Å². The molecular formula is C7H12N4O2S. The molecule has 2 heterocycles. The maximum Gasteiger partial charge on any atom is 0.211 e. The first-order valence-corrected chi connectivity index (χ1v) is 6.17. The third-order valence-electron chi connectivity index (χ3n) is 2.37. The van der Waals surface area contributed by atoms with Crippen LogP contribution in [-0.4, -0.2) is 40.3 Å². The fourth-order valence-corrected chi connectivity index (χ4v) is 2.33. The lowest BCUT2D eigenvalue weighted by molar-refractivity contribution is 0.335. The van der Waals surface area contributed by atoms with Gasteiger partial charge in [0.05, 0.1) is 12.8 Å². The molecule has 1 aromatic rings. The summed E-state index contributed by atoms with van der Waals surface area (Å²) in [5.74, 6) is 1.56. The number of aryl methyl sites for hydroxylation is 1. The van der Waals surface area contributed by atoms with E-state index in [1.165, 1.54) is 10.6 Å². The summed E-state index contributed by atoms with van der Waals surface area (Å²) in [4.78, 5) is 0. The maximum absolute atomic E-state index is 11.3. The van der Waals surface area contributed by atoms with E-state index in [-0.39, 0.29) is 0 Å². The molecule has 0 amide bonds. The molecule has 0 aliphatic carbocycles. The quantitative estimate of drug-likeness (QED) is 0.626. The Balaban J connectivity index is 2.31. The molecular weight excluding hydrogens is 204 g/mol. The summed E-state index contributed by atoms with van der Waals surface area (Å²) in [6.07, 6.45) is 1.21. The van der Waals surface area contributed by atoms with Gasteiger partial charge >= 0.3 is 0 Å². The van der Waals surface area contributed by atoms with Gasteiger partial charge in [0.15, 0.2) is 0 Å². The number of hydrogen-bond acceptors (Lipinski definition) is 4. The minimum absolute atomic E-state index is 0.333. The summed E-state index contributed by atoms with van der Waals surface area (Å²) in [5, 5.41) is 7.83. The molecule has 1 aliphatic rings. The molecule has 7 heteroatoms. The molecule has 1 aromatic heterocycles. The normalized spacial score (nSPS) is 18.1. The predicted molar refractivity (Wildman–Crippen MR) is 50.0 cm³/mol. The van der Waals surface area contributed by atoms with E-state index >= 15 is 0 Å². The van der Waals surface area contributed by atoms with E-state index in [1.54, 1.807) is 0 Å². The zero-order valence-electron chi connectivity index (χ0n) is 8.13. The molecule has 0 bridgehead atoms. The van der Waals surface area contributed by atoms with Crippen molar-refractivity contribution in [3.05, 3.63) is 11.6 Å². The fraction of sp³-hybridized carbons (Fsp3) is 0.714. The van der Waals surface area contributed by atoms with E-state index in [0.29, 0.717) is 19.6 Å². The van der Waals surface area contributed by atoms with Crippen LogP contribution in [0.15, 0.2) is 0 Å². The molecule has 78 valence electrons. The summed E-state index contributed by atoms with van der Waals surface area (Å²) in [5.41, 5.74) is 0. The van der Waals surface area contributed by atoms with Gasteiger partial charge in [-0.25, -0.2) is 8.42 Å². The average molecular weight is 216 g/mol. The Hall–Kier alpha value is -0.950. The lowest BCUT2D eigenvalue weighted by Gasteiger charge is -2.25. The van der Waals surface area contributed by atoms with Crippen LogP contribution in [0.5, 0.6) is 0 Å². The van der Waals surface area contributed by atoms with Crippen LogP contribution in [0.3, 0.4) is 0 Å². The van der Waals surface area contributed by atoms with Gasteiger partial charge in [-0.05, 0) is 6.92 Å². The minimum atomic E-state index is -3.11. The molecule has 0 N–H and O–H groups in total. The van der Waals surface area contributed by atoms with Crippen molar-refractivity contribution in [2.45, 2.75) is 20.0 Å². The topological polar surface area (TPSA) is 68.1 Å².